The quantitative estimate of drug-likeness (QED) is 0.0644. The average Bonchev–Trinajstić information content (AvgIpc) is 3.18. The van der Waals surface area contributed by atoms with Gasteiger partial charge in [0, 0.05) is 12.8 Å². The molecule has 0 fully saturated rings. The average molecular weight is 705 g/mol. The van der Waals surface area contributed by atoms with Gasteiger partial charge >= 0.3 is 11.9 Å². The molecule has 0 radical (unpaired) electrons. The molecule has 0 heterocycles. The Bertz CT molecular complexity index is 1690. The summed E-state index contributed by atoms with van der Waals surface area (Å²) in [5.41, 5.74) is 7.92. The molecule has 0 aliphatic heterocycles. The third-order valence-electron chi connectivity index (χ3n) is 8.57. The Hall–Kier alpha value is -5.02. The van der Waals surface area contributed by atoms with Crippen LogP contribution >= 0.6 is 0 Å². The Balaban J connectivity index is 1.08. The Morgan fingerprint density at radius 1 is 0.519 bits per heavy atom. The molecule has 9 nitrogen and oxygen atoms in total. The van der Waals surface area contributed by atoms with E-state index in [2.05, 4.69) is 58.6 Å². The van der Waals surface area contributed by atoms with E-state index in [9.17, 15) is 14.7 Å². The summed E-state index contributed by atoms with van der Waals surface area (Å²) in [5, 5.41) is 27.0. The predicted molar refractivity (Wildman–Crippen MR) is 205 cm³/mol. The second kappa shape index (κ2) is 22.7. The van der Waals surface area contributed by atoms with Crippen LogP contribution in [0.3, 0.4) is 0 Å². The number of esters is 2. The first-order chi connectivity index (χ1) is 25.4. The molecule has 1 atom stereocenters. The monoisotopic (exact) mass is 704 g/mol. The summed E-state index contributed by atoms with van der Waals surface area (Å²) >= 11 is 0. The molecule has 0 amide bonds. The van der Waals surface area contributed by atoms with Crippen LogP contribution in [0.1, 0.15) is 87.5 Å². The highest BCUT2D eigenvalue weighted by Gasteiger charge is 2.16. The van der Waals surface area contributed by atoms with Crippen molar-refractivity contribution in [1.29, 1.82) is 0 Å². The number of rotatable bonds is 22. The van der Waals surface area contributed by atoms with Crippen LogP contribution in [-0.2, 0) is 44.7 Å². The number of azo groups is 2. The van der Waals surface area contributed by atoms with Crippen LogP contribution in [0.2, 0.25) is 0 Å². The zero-order valence-electron chi connectivity index (χ0n) is 30.6. The van der Waals surface area contributed by atoms with Gasteiger partial charge in [-0.15, -0.1) is 0 Å². The number of unbranched alkanes of at least 4 members (excludes halogenated alkanes) is 2. The predicted octanol–water partition coefficient (Wildman–Crippen LogP) is 11.0. The van der Waals surface area contributed by atoms with Crippen molar-refractivity contribution in [3.8, 4) is 0 Å². The molecular formula is C43H52N4O5. The fourth-order valence-corrected chi connectivity index (χ4v) is 5.41. The van der Waals surface area contributed by atoms with Gasteiger partial charge in [0.2, 0.25) is 0 Å². The van der Waals surface area contributed by atoms with Crippen molar-refractivity contribution in [3.05, 3.63) is 119 Å². The smallest absolute Gasteiger partial charge is 0.306 e. The number of benzene rings is 4. The minimum Gasteiger partial charge on any atom is -0.462 e. The maximum Gasteiger partial charge on any atom is 0.306 e. The molecule has 0 aliphatic rings. The molecular weight excluding hydrogens is 652 g/mol. The number of aryl methyl sites for hydroxylation is 4. The third-order valence-corrected chi connectivity index (χ3v) is 8.57. The zero-order valence-corrected chi connectivity index (χ0v) is 30.6. The van der Waals surface area contributed by atoms with E-state index in [-0.39, 0.29) is 19.4 Å². The van der Waals surface area contributed by atoms with E-state index in [1.54, 1.807) is 0 Å². The Kier molecular flexibility index (Phi) is 17.4. The van der Waals surface area contributed by atoms with Crippen LogP contribution in [0.4, 0.5) is 22.7 Å². The topological polar surface area (TPSA) is 122 Å². The lowest BCUT2D eigenvalue weighted by Crippen LogP contribution is -2.28. The lowest BCUT2D eigenvalue weighted by atomic mass is 10.1. The second-order valence-electron chi connectivity index (χ2n) is 13.0. The van der Waals surface area contributed by atoms with E-state index in [4.69, 9.17) is 9.47 Å². The minimum absolute atomic E-state index is 0.179. The standard InChI is InChI=1S/C43H52N4O5/c1-3-5-9-33-15-23-37(24-16-33)44-46-39-27-19-35(20-28-39)11-7-13-42(49)51-32-41(31-48)52-43(50)14-8-12-36-21-29-40(30-22-36)47-45-38-25-17-34(18-26-38)10-6-4-2/h15-30,41,48H,3-14,31-32H2,1-2H3. The number of aliphatic hydroxyl groups excluding tert-OH is 1. The molecule has 274 valence electrons. The van der Waals surface area contributed by atoms with Gasteiger partial charge in [-0.1, -0.05) is 75.2 Å². The van der Waals surface area contributed by atoms with Gasteiger partial charge in [-0.25, -0.2) is 0 Å². The van der Waals surface area contributed by atoms with Gasteiger partial charge in [0.15, 0.2) is 6.10 Å². The summed E-state index contributed by atoms with van der Waals surface area (Å²) in [6.45, 7) is 3.77. The molecule has 0 saturated heterocycles. The second-order valence-corrected chi connectivity index (χ2v) is 13.0. The van der Waals surface area contributed by atoms with Crippen LogP contribution in [0.25, 0.3) is 0 Å². The maximum atomic E-state index is 12.4. The van der Waals surface area contributed by atoms with Crippen molar-refractivity contribution in [2.75, 3.05) is 13.2 Å². The number of aliphatic hydroxyl groups is 1. The largest absolute Gasteiger partial charge is 0.462 e. The highest BCUT2D eigenvalue weighted by atomic mass is 16.6. The summed E-state index contributed by atoms with van der Waals surface area (Å²) in [7, 11) is 0. The first kappa shape index (κ1) is 39.8. The van der Waals surface area contributed by atoms with E-state index in [1.165, 1.54) is 36.8 Å². The molecule has 1 N–H and O–H groups in total. The van der Waals surface area contributed by atoms with Gasteiger partial charge in [-0.3, -0.25) is 9.59 Å². The number of carbonyl (C=O) groups excluding carboxylic acids is 2. The third kappa shape index (κ3) is 15.1. The molecule has 0 aromatic heterocycles. The van der Waals surface area contributed by atoms with Gasteiger partial charge in [0.1, 0.15) is 6.61 Å². The lowest BCUT2D eigenvalue weighted by Gasteiger charge is -2.15. The molecule has 0 spiro atoms. The van der Waals surface area contributed by atoms with Crippen LogP contribution in [0.5, 0.6) is 0 Å². The number of nitrogens with zero attached hydrogens (tertiary/aromatic N) is 4. The van der Waals surface area contributed by atoms with Crippen LogP contribution in [0, 0.1) is 0 Å². The highest BCUT2D eigenvalue weighted by Crippen LogP contribution is 2.22. The van der Waals surface area contributed by atoms with Gasteiger partial charge < -0.3 is 14.6 Å². The minimum atomic E-state index is -0.894. The Morgan fingerprint density at radius 2 is 0.846 bits per heavy atom. The molecule has 0 bridgehead atoms. The molecule has 4 rings (SSSR count). The van der Waals surface area contributed by atoms with E-state index >= 15 is 0 Å². The normalized spacial score (nSPS) is 12.0. The van der Waals surface area contributed by atoms with Crippen molar-refractivity contribution in [2.24, 2.45) is 20.5 Å². The lowest BCUT2D eigenvalue weighted by molar-refractivity contribution is -0.161. The van der Waals surface area contributed by atoms with Crippen LogP contribution < -0.4 is 0 Å². The fraction of sp³-hybridized carbons (Fsp3) is 0.395. The number of hydrogen-bond acceptors (Lipinski definition) is 9. The molecule has 4 aromatic carbocycles. The van der Waals surface area contributed by atoms with Gasteiger partial charge in [0.25, 0.3) is 0 Å². The maximum absolute atomic E-state index is 12.4. The van der Waals surface area contributed by atoms with Crippen molar-refractivity contribution < 1.29 is 24.2 Å². The Labute approximate surface area is 308 Å². The van der Waals surface area contributed by atoms with Crippen LogP contribution in [-0.4, -0.2) is 36.4 Å². The fourth-order valence-electron chi connectivity index (χ4n) is 5.41. The Morgan fingerprint density at radius 3 is 1.17 bits per heavy atom. The molecule has 1 unspecified atom stereocenters. The molecule has 52 heavy (non-hydrogen) atoms. The summed E-state index contributed by atoms with van der Waals surface area (Å²) < 4.78 is 10.6. The van der Waals surface area contributed by atoms with Gasteiger partial charge in [-0.05, 0) is 122 Å². The van der Waals surface area contributed by atoms with Crippen molar-refractivity contribution in [2.45, 2.75) is 97.0 Å². The summed E-state index contributed by atoms with van der Waals surface area (Å²) in [5.74, 6) is -0.839. The van der Waals surface area contributed by atoms with E-state index in [0.717, 1.165) is 46.7 Å². The zero-order chi connectivity index (χ0) is 36.8. The molecule has 9 heteroatoms. The molecule has 4 aromatic rings. The van der Waals surface area contributed by atoms with E-state index in [0.29, 0.717) is 25.7 Å². The highest BCUT2D eigenvalue weighted by molar-refractivity contribution is 5.70. The first-order valence-electron chi connectivity index (χ1n) is 18.6. The van der Waals surface area contributed by atoms with E-state index in [1.807, 2.05) is 72.8 Å². The summed E-state index contributed by atoms with van der Waals surface area (Å²) in [6.07, 6.45) is 8.95. The molecule has 0 saturated carbocycles. The summed E-state index contributed by atoms with van der Waals surface area (Å²) in [4.78, 5) is 24.7. The summed E-state index contributed by atoms with van der Waals surface area (Å²) in [6, 6.07) is 31.9. The van der Waals surface area contributed by atoms with Gasteiger partial charge in [0.05, 0.1) is 29.4 Å². The van der Waals surface area contributed by atoms with E-state index < -0.39 is 24.6 Å². The first-order valence-corrected chi connectivity index (χ1v) is 18.6. The van der Waals surface area contributed by atoms with Crippen molar-refractivity contribution in [1.82, 2.24) is 0 Å². The number of carbonyl (C=O) groups is 2. The van der Waals surface area contributed by atoms with Crippen LogP contribution in [0.15, 0.2) is 118 Å². The molecule has 0 aliphatic carbocycles. The SMILES string of the molecule is CCCCc1ccc(N=Nc2ccc(CCCC(=O)OCC(CO)OC(=O)CCCc3ccc(N=Nc4ccc(CCCC)cc4)cc3)cc2)cc1. The number of hydrogen-bond donors (Lipinski definition) is 1. The van der Waals surface area contributed by atoms with Gasteiger partial charge in [-0.2, -0.15) is 20.5 Å². The van der Waals surface area contributed by atoms with Crippen molar-refractivity contribution >= 4 is 34.7 Å². The number of ether oxygens (including phenoxy) is 2. The van der Waals surface area contributed by atoms with Crippen molar-refractivity contribution in [3.63, 3.8) is 0 Å².